The molecule has 0 spiro atoms. The number of unbranched alkanes of at least 4 members (excludes halogenated alkanes) is 1. The molecule has 0 N–H and O–H groups in total. The molecule has 0 aliphatic carbocycles. The van der Waals surface area contributed by atoms with E-state index in [9.17, 15) is 0 Å². The summed E-state index contributed by atoms with van der Waals surface area (Å²) < 4.78 is 4.57. The van der Waals surface area contributed by atoms with Crippen LogP contribution in [0.3, 0.4) is 0 Å². The Morgan fingerprint density at radius 2 is 2.38 bits per heavy atom. The molecule has 0 heterocycles. The van der Waals surface area contributed by atoms with Crippen LogP contribution in [-0.4, -0.2) is 6.61 Å². The van der Waals surface area contributed by atoms with Crippen molar-refractivity contribution in [2.24, 2.45) is 0 Å². The Kier molecular flexibility index (Phi) is 6.13. The second-order valence-electron chi connectivity index (χ2n) is 1.44. The SMILES string of the molecule is [CH2]OCCCC#CC. The summed E-state index contributed by atoms with van der Waals surface area (Å²) in [6.07, 6.45) is 1.91. The number of hydrogen-bond donors (Lipinski definition) is 0. The molecule has 0 saturated heterocycles. The van der Waals surface area contributed by atoms with E-state index in [-0.39, 0.29) is 0 Å². The van der Waals surface area contributed by atoms with Crippen molar-refractivity contribution in [2.75, 3.05) is 6.61 Å². The van der Waals surface area contributed by atoms with Crippen LogP contribution in [0.2, 0.25) is 0 Å². The minimum Gasteiger partial charge on any atom is -0.379 e. The number of rotatable bonds is 3. The fourth-order valence-electron chi connectivity index (χ4n) is 0.388. The van der Waals surface area contributed by atoms with Crippen LogP contribution in [0.1, 0.15) is 19.8 Å². The zero-order valence-electron chi connectivity index (χ0n) is 5.24. The van der Waals surface area contributed by atoms with Crippen molar-refractivity contribution in [2.45, 2.75) is 19.8 Å². The first kappa shape index (κ1) is 7.52. The van der Waals surface area contributed by atoms with Gasteiger partial charge in [-0.05, 0) is 13.3 Å². The molecule has 0 aromatic carbocycles. The first-order valence-electron chi connectivity index (χ1n) is 2.68. The van der Waals surface area contributed by atoms with Crippen molar-refractivity contribution >= 4 is 0 Å². The molecule has 0 aromatic rings. The molecule has 8 heavy (non-hydrogen) atoms. The van der Waals surface area contributed by atoms with Gasteiger partial charge in [-0.3, -0.25) is 0 Å². The highest BCUT2D eigenvalue weighted by Crippen LogP contribution is 1.85. The Balaban J connectivity index is 2.79. The van der Waals surface area contributed by atoms with Gasteiger partial charge in [0.25, 0.3) is 0 Å². The molecule has 0 fully saturated rings. The maximum atomic E-state index is 4.57. The lowest BCUT2D eigenvalue weighted by Crippen LogP contribution is -1.83. The standard InChI is InChI=1S/C7H11O/c1-3-4-5-6-7-8-2/h2,5-7H2,1H3. The Labute approximate surface area is 51.0 Å². The third kappa shape index (κ3) is 5.52. The first-order chi connectivity index (χ1) is 3.91. The average molecular weight is 111 g/mol. The number of hydrogen-bond acceptors (Lipinski definition) is 1. The van der Waals surface area contributed by atoms with Gasteiger partial charge >= 0.3 is 0 Å². The molecule has 0 aromatic heterocycles. The van der Waals surface area contributed by atoms with Gasteiger partial charge in [0.2, 0.25) is 0 Å². The van der Waals surface area contributed by atoms with Gasteiger partial charge in [0.1, 0.15) is 0 Å². The van der Waals surface area contributed by atoms with E-state index in [1.54, 1.807) is 0 Å². The third-order valence-electron chi connectivity index (χ3n) is 0.767. The van der Waals surface area contributed by atoms with E-state index in [2.05, 4.69) is 23.7 Å². The van der Waals surface area contributed by atoms with Crippen LogP contribution < -0.4 is 0 Å². The highest BCUT2D eigenvalue weighted by Gasteiger charge is 1.78. The van der Waals surface area contributed by atoms with Gasteiger partial charge in [-0.2, -0.15) is 0 Å². The summed E-state index contributed by atoms with van der Waals surface area (Å²) in [5.74, 6) is 5.73. The van der Waals surface area contributed by atoms with Crippen LogP contribution in [0.15, 0.2) is 0 Å². The van der Waals surface area contributed by atoms with Gasteiger partial charge in [0, 0.05) is 13.0 Å². The molecule has 1 heteroatoms. The van der Waals surface area contributed by atoms with Crippen LogP contribution in [-0.2, 0) is 4.74 Å². The van der Waals surface area contributed by atoms with Crippen molar-refractivity contribution in [3.8, 4) is 11.8 Å². The highest BCUT2D eigenvalue weighted by atomic mass is 16.5. The normalized spacial score (nSPS) is 7.75. The van der Waals surface area contributed by atoms with Crippen LogP contribution in [0, 0.1) is 19.0 Å². The Morgan fingerprint density at radius 3 is 2.88 bits per heavy atom. The molecule has 1 nitrogen and oxygen atoms in total. The van der Waals surface area contributed by atoms with E-state index >= 15 is 0 Å². The van der Waals surface area contributed by atoms with Gasteiger partial charge < -0.3 is 4.74 Å². The van der Waals surface area contributed by atoms with Crippen LogP contribution in [0.25, 0.3) is 0 Å². The predicted octanol–water partition coefficient (Wildman–Crippen LogP) is 1.60. The third-order valence-corrected chi connectivity index (χ3v) is 0.767. The summed E-state index contributed by atoms with van der Waals surface area (Å²) in [4.78, 5) is 0. The molecule has 0 bridgehead atoms. The summed E-state index contributed by atoms with van der Waals surface area (Å²) >= 11 is 0. The summed E-state index contributed by atoms with van der Waals surface area (Å²) in [6.45, 7) is 2.56. The fourth-order valence-corrected chi connectivity index (χ4v) is 0.388. The number of ether oxygens (including phenoxy) is 1. The first-order valence-corrected chi connectivity index (χ1v) is 2.68. The van der Waals surface area contributed by atoms with E-state index in [1.165, 1.54) is 0 Å². The predicted molar refractivity (Wildman–Crippen MR) is 34.0 cm³/mol. The topological polar surface area (TPSA) is 9.23 Å². The molecule has 0 aliphatic rings. The summed E-state index contributed by atoms with van der Waals surface area (Å²) in [5.41, 5.74) is 0. The monoisotopic (exact) mass is 111 g/mol. The summed E-state index contributed by atoms with van der Waals surface area (Å²) in [7, 11) is 3.24. The minimum atomic E-state index is 0.717. The van der Waals surface area contributed by atoms with Crippen molar-refractivity contribution in [3.05, 3.63) is 7.11 Å². The van der Waals surface area contributed by atoms with Crippen LogP contribution in [0.5, 0.6) is 0 Å². The van der Waals surface area contributed by atoms with Crippen LogP contribution in [0.4, 0.5) is 0 Å². The van der Waals surface area contributed by atoms with Gasteiger partial charge in [-0.15, -0.1) is 11.8 Å². The van der Waals surface area contributed by atoms with Crippen molar-refractivity contribution < 1.29 is 4.74 Å². The van der Waals surface area contributed by atoms with E-state index < -0.39 is 0 Å². The van der Waals surface area contributed by atoms with Gasteiger partial charge in [-0.1, -0.05) is 0 Å². The zero-order valence-corrected chi connectivity index (χ0v) is 5.24. The Morgan fingerprint density at radius 1 is 1.62 bits per heavy atom. The molecule has 0 atom stereocenters. The van der Waals surface area contributed by atoms with Crippen molar-refractivity contribution in [3.63, 3.8) is 0 Å². The quantitative estimate of drug-likeness (QED) is 0.397. The fraction of sp³-hybridized carbons (Fsp3) is 0.571. The molecule has 0 aliphatic heterocycles. The Bertz CT molecular complexity index is 86.3. The second-order valence-corrected chi connectivity index (χ2v) is 1.44. The largest absolute Gasteiger partial charge is 0.379 e. The second kappa shape index (κ2) is 6.52. The lowest BCUT2D eigenvalue weighted by Gasteiger charge is -1.89. The van der Waals surface area contributed by atoms with E-state index in [0.29, 0.717) is 6.61 Å². The molecule has 45 valence electrons. The minimum absolute atomic E-state index is 0.717. The lowest BCUT2D eigenvalue weighted by molar-refractivity contribution is 0.239. The van der Waals surface area contributed by atoms with Gasteiger partial charge in [-0.25, -0.2) is 0 Å². The lowest BCUT2D eigenvalue weighted by atomic mass is 10.3. The van der Waals surface area contributed by atoms with E-state index in [1.807, 2.05) is 6.92 Å². The molecule has 0 rings (SSSR count). The Hall–Kier alpha value is -0.480. The van der Waals surface area contributed by atoms with Crippen molar-refractivity contribution in [1.29, 1.82) is 0 Å². The molecule has 0 amide bonds. The molecule has 0 unspecified atom stereocenters. The maximum absolute atomic E-state index is 4.57. The maximum Gasteiger partial charge on any atom is 0.0700 e. The smallest absolute Gasteiger partial charge is 0.0700 e. The van der Waals surface area contributed by atoms with E-state index in [0.717, 1.165) is 12.8 Å². The molecule has 0 saturated carbocycles. The molecular formula is C7H11O. The van der Waals surface area contributed by atoms with Crippen LogP contribution >= 0.6 is 0 Å². The summed E-state index contributed by atoms with van der Waals surface area (Å²) in [5, 5.41) is 0. The molecule has 1 radical (unpaired) electrons. The average Bonchev–Trinajstić information content (AvgIpc) is 1.81. The van der Waals surface area contributed by atoms with Gasteiger partial charge in [0.15, 0.2) is 0 Å². The van der Waals surface area contributed by atoms with Crippen molar-refractivity contribution in [1.82, 2.24) is 0 Å². The van der Waals surface area contributed by atoms with Gasteiger partial charge in [0.05, 0.1) is 7.11 Å². The highest BCUT2D eigenvalue weighted by molar-refractivity contribution is 4.94. The molecular weight excluding hydrogens is 100 g/mol. The zero-order chi connectivity index (χ0) is 6.24. The summed E-state index contributed by atoms with van der Waals surface area (Å²) in [6, 6.07) is 0. The van der Waals surface area contributed by atoms with E-state index in [4.69, 9.17) is 0 Å².